The van der Waals surface area contributed by atoms with Gasteiger partial charge in [-0.3, -0.25) is 4.90 Å². The zero-order valence-corrected chi connectivity index (χ0v) is 11.1. The van der Waals surface area contributed by atoms with E-state index in [0.717, 1.165) is 5.69 Å². The maximum Gasteiger partial charge on any atom is 0.414 e. The number of hydrogen-bond acceptors (Lipinski definition) is 4. The SMILES string of the molecule is C[C@H](O)CNC(=O)Nc1ccc(N2CCOC2=O)cc1. The van der Waals surface area contributed by atoms with E-state index in [0.29, 0.717) is 18.8 Å². The molecule has 1 aliphatic rings. The Morgan fingerprint density at radius 3 is 2.70 bits per heavy atom. The highest BCUT2D eigenvalue weighted by Crippen LogP contribution is 2.20. The van der Waals surface area contributed by atoms with Crippen LogP contribution in [0.3, 0.4) is 0 Å². The Labute approximate surface area is 116 Å². The molecule has 1 aliphatic heterocycles. The summed E-state index contributed by atoms with van der Waals surface area (Å²) in [5, 5.41) is 14.2. The summed E-state index contributed by atoms with van der Waals surface area (Å²) in [6, 6.07) is 6.47. The second kappa shape index (κ2) is 6.25. The van der Waals surface area contributed by atoms with Gasteiger partial charge in [0.15, 0.2) is 0 Å². The van der Waals surface area contributed by atoms with Crippen LogP contribution in [0.4, 0.5) is 21.0 Å². The van der Waals surface area contributed by atoms with Crippen molar-refractivity contribution in [2.75, 3.05) is 29.9 Å². The third kappa shape index (κ3) is 3.61. The number of benzene rings is 1. The van der Waals surface area contributed by atoms with E-state index < -0.39 is 6.10 Å². The van der Waals surface area contributed by atoms with Crippen LogP contribution in [0, 0.1) is 0 Å². The van der Waals surface area contributed by atoms with E-state index >= 15 is 0 Å². The lowest BCUT2D eigenvalue weighted by molar-refractivity contribution is 0.181. The Kier molecular flexibility index (Phi) is 4.41. The van der Waals surface area contributed by atoms with E-state index in [1.807, 2.05) is 0 Å². The molecule has 1 aromatic carbocycles. The van der Waals surface area contributed by atoms with Gasteiger partial charge in [-0.1, -0.05) is 0 Å². The van der Waals surface area contributed by atoms with Gasteiger partial charge in [0, 0.05) is 17.9 Å². The molecule has 1 fully saturated rings. The van der Waals surface area contributed by atoms with E-state index in [1.165, 1.54) is 4.90 Å². The lowest BCUT2D eigenvalue weighted by Crippen LogP contribution is -2.34. The summed E-state index contributed by atoms with van der Waals surface area (Å²) in [4.78, 5) is 24.4. The molecule has 0 aliphatic carbocycles. The van der Waals surface area contributed by atoms with Crippen LogP contribution in [0.25, 0.3) is 0 Å². The van der Waals surface area contributed by atoms with E-state index in [9.17, 15) is 9.59 Å². The monoisotopic (exact) mass is 279 g/mol. The number of carbonyl (C=O) groups excluding carboxylic acids is 2. The number of carbonyl (C=O) groups is 2. The van der Waals surface area contributed by atoms with Crippen LogP contribution in [0.2, 0.25) is 0 Å². The molecule has 7 nitrogen and oxygen atoms in total. The van der Waals surface area contributed by atoms with Crippen molar-refractivity contribution in [1.82, 2.24) is 5.32 Å². The molecule has 1 saturated heterocycles. The number of nitrogens with one attached hydrogen (secondary N) is 2. The molecule has 108 valence electrons. The van der Waals surface area contributed by atoms with Crippen molar-refractivity contribution in [2.24, 2.45) is 0 Å². The number of urea groups is 1. The van der Waals surface area contributed by atoms with Crippen LogP contribution in [0.1, 0.15) is 6.92 Å². The molecule has 20 heavy (non-hydrogen) atoms. The van der Waals surface area contributed by atoms with Crippen molar-refractivity contribution in [2.45, 2.75) is 13.0 Å². The third-order valence-electron chi connectivity index (χ3n) is 2.76. The first-order valence-electron chi connectivity index (χ1n) is 6.33. The molecule has 3 amide bonds. The largest absolute Gasteiger partial charge is 0.447 e. The summed E-state index contributed by atoms with van der Waals surface area (Å²) in [6.07, 6.45) is -0.954. The molecule has 0 spiro atoms. The Morgan fingerprint density at radius 1 is 1.45 bits per heavy atom. The third-order valence-corrected chi connectivity index (χ3v) is 2.76. The molecule has 0 aromatic heterocycles. The highest BCUT2D eigenvalue weighted by molar-refractivity contribution is 5.91. The summed E-state index contributed by atoms with van der Waals surface area (Å²) in [7, 11) is 0. The first-order chi connectivity index (χ1) is 9.56. The highest BCUT2D eigenvalue weighted by Gasteiger charge is 2.23. The molecular weight excluding hydrogens is 262 g/mol. The predicted molar refractivity (Wildman–Crippen MR) is 73.8 cm³/mol. The fraction of sp³-hybridized carbons (Fsp3) is 0.385. The van der Waals surface area contributed by atoms with Crippen molar-refractivity contribution in [3.8, 4) is 0 Å². The number of nitrogens with zero attached hydrogens (tertiary/aromatic N) is 1. The minimum absolute atomic E-state index is 0.184. The fourth-order valence-corrected chi connectivity index (χ4v) is 1.77. The number of rotatable bonds is 4. The van der Waals surface area contributed by atoms with Gasteiger partial charge in [-0.05, 0) is 31.2 Å². The van der Waals surface area contributed by atoms with Crippen molar-refractivity contribution in [1.29, 1.82) is 0 Å². The van der Waals surface area contributed by atoms with Crippen LogP contribution in [0.5, 0.6) is 0 Å². The minimum Gasteiger partial charge on any atom is -0.447 e. The summed E-state index contributed by atoms with van der Waals surface area (Å²) in [5.41, 5.74) is 1.33. The van der Waals surface area contributed by atoms with Gasteiger partial charge in [-0.25, -0.2) is 9.59 Å². The smallest absolute Gasteiger partial charge is 0.414 e. The molecule has 2 rings (SSSR count). The molecule has 0 radical (unpaired) electrons. The van der Waals surface area contributed by atoms with Gasteiger partial charge < -0.3 is 20.5 Å². The quantitative estimate of drug-likeness (QED) is 0.771. The molecule has 0 saturated carbocycles. The lowest BCUT2D eigenvalue weighted by atomic mass is 10.2. The van der Waals surface area contributed by atoms with E-state index in [1.54, 1.807) is 31.2 Å². The van der Waals surface area contributed by atoms with Gasteiger partial charge in [0.05, 0.1) is 12.6 Å². The van der Waals surface area contributed by atoms with Gasteiger partial charge in [-0.15, -0.1) is 0 Å². The number of ether oxygens (including phenoxy) is 1. The number of anilines is 2. The first-order valence-corrected chi connectivity index (χ1v) is 6.33. The summed E-state index contributed by atoms with van der Waals surface area (Å²) < 4.78 is 4.85. The number of cyclic esters (lactones) is 1. The average Bonchev–Trinajstić information content (AvgIpc) is 2.84. The van der Waals surface area contributed by atoms with Gasteiger partial charge in [0.1, 0.15) is 6.61 Å². The fourth-order valence-electron chi connectivity index (χ4n) is 1.77. The second-order valence-electron chi connectivity index (χ2n) is 4.50. The Morgan fingerprint density at radius 2 is 2.15 bits per heavy atom. The predicted octanol–water partition coefficient (Wildman–Crippen LogP) is 1.15. The van der Waals surface area contributed by atoms with Gasteiger partial charge in [0.25, 0.3) is 0 Å². The Bertz CT molecular complexity index is 487. The molecule has 1 atom stereocenters. The average molecular weight is 279 g/mol. The molecule has 0 bridgehead atoms. The topological polar surface area (TPSA) is 90.9 Å². The van der Waals surface area contributed by atoms with Crippen molar-refractivity contribution < 1.29 is 19.4 Å². The van der Waals surface area contributed by atoms with E-state index in [4.69, 9.17) is 9.84 Å². The summed E-state index contributed by atoms with van der Waals surface area (Å²) in [5.74, 6) is 0. The van der Waals surface area contributed by atoms with E-state index in [2.05, 4.69) is 10.6 Å². The maximum absolute atomic E-state index is 11.5. The standard InChI is InChI=1S/C13H17N3O4/c1-9(17)8-14-12(18)15-10-2-4-11(5-3-10)16-6-7-20-13(16)19/h2-5,9,17H,6-8H2,1H3,(H2,14,15,18)/t9-/m0/s1. The first kappa shape index (κ1) is 14.1. The molecule has 1 aromatic rings. The Balaban J connectivity index is 1.91. The van der Waals surface area contributed by atoms with Crippen molar-refractivity contribution in [3.63, 3.8) is 0 Å². The molecule has 7 heteroatoms. The number of hydrogen-bond donors (Lipinski definition) is 3. The van der Waals surface area contributed by atoms with Crippen molar-refractivity contribution in [3.05, 3.63) is 24.3 Å². The zero-order chi connectivity index (χ0) is 14.5. The summed E-state index contributed by atoms with van der Waals surface area (Å²) >= 11 is 0. The lowest BCUT2D eigenvalue weighted by Gasteiger charge is -2.13. The number of aliphatic hydroxyl groups excluding tert-OH is 1. The van der Waals surface area contributed by atoms with E-state index in [-0.39, 0.29) is 18.7 Å². The number of aliphatic hydroxyl groups is 1. The van der Waals surface area contributed by atoms with Crippen LogP contribution >= 0.6 is 0 Å². The van der Waals surface area contributed by atoms with Gasteiger partial charge in [0.2, 0.25) is 0 Å². The zero-order valence-electron chi connectivity index (χ0n) is 11.1. The van der Waals surface area contributed by atoms with Gasteiger partial charge in [-0.2, -0.15) is 0 Å². The number of amides is 3. The normalized spacial score (nSPS) is 15.7. The van der Waals surface area contributed by atoms with Crippen LogP contribution in [0.15, 0.2) is 24.3 Å². The van der Waals surface area contributed by atoms with Crippen LogP contribution in [-0.2, 0) is 4.74 Å². The molecule has 3 N–H and O–H groups in total. The minimum atomic E-state index is -0.593. The molecule has 0 unspecified atom stereocenters. The second-order valence-corrected chi connectivity index (χ2v) is 4.50. The Hall–Kier alpha value is -2.28. The molecule has 1 heterocycles. The van der Waals surface area contributed by atoms with Gasteiger partial charge >= 0.3 is 12.1 Å². The maximum atomic E-state index is 11.5. The van der Waals surface area contributed by atoms with Crippen LogP contribution < -0.4 is 15.5 Å². The highest BCUT2D eigenvalue weighted by atomic mass is 16.6. The summed E-state index contributed by atoms with van der Waals surface area (Å²) in [6.45, 7) is 2.69. The van der Waals surface area contributed by atoms with Crippen molar-refractivity contribution >= 4 is 23.5 Å². The van der Waals surface area contributed by atoms with Crippen LogP contribution in [-0.4, -0.2) is 43.0 Å². The molecular formula is C13H17N3O4.